The van der Waals surface area contributed by atoms with Crippen molar-refractivity contribution in [1.82, 2.24) is 9.97 Å². The van der Waals surface area contributed by atoms with E-state index in [2.05, 4.69) is 22.3 Å². The molecule has 0 spiro atoms. The van der Waals surface area contributed by atoms with Crippen LogP contribution in [0.25, 0.3) is 0 Å². The lowest BCUT2D eigenvalue weighted by Crippen LogP contribution is -2.14. The largest absolute Gasteiger partial charge is 0.469 e. The van der Waals surface area contributed by atoms with E-state index in [4.69, 9.17) is 10.6 Å². The molecule has 0 aromatic carbocycles. The van der Waals surface area contributed by atoms with Crippen LogP contribution in [0.2, 0.25) is 0 Å². The van der Waals surface area contributed by atoms with E-state index in [9.17, 15) is 4.79 Å². The summed E-state index contributed by atoms with van der Waals surface area (Å²) in [5.41, 5.74) is 2.67. The Labute approximate surface area is 129 Å². The van der Waals surface area contributed by atoms with E-state index in [-0.39, 0.29) is 11.4 Å². The molecule has 2 rings (SSSR count). The number of carbonyl (C=O) groups excluding carboxylic acids is 1. The van der Waals surface area contributed by atoms with Crippen LogP contribution in [0.15, 0.2) is 11.1 Å². The highest BCUT2D eigenvalue weighted by atomic mass is 32.2. The highest BCUT2D eigenvalue weighted by Gasteiger charge is 2.44. The Morgan fingerprint density at radius 1 is 1.52 bits per heavy atom. The SMILES string of the molecule is CCCc1nc(NN)cc(SCC2(CC(=O)OC)CC2)n1. The molecular formula is C14H22N4O2S. The van der Waals surface area contributed by atoms with Gasteiger partial charge in [0.25, 0.3) is 0 Å². The van der Waals surface area contributed by atoms with Crippen LogP contribution in [-0.4, -0.2) is 28.8 Å². The van der Waals surface area contributed by atoms with Crippen molar-refractivity contribution in [2.75, 3.05) is 18.3 Å². The monoisotopic (exact) mass is 310 g/mol. The van der Waals surface area contributed by atoms with Crippen LogP contribution in [0.1, 0.15) is 38.4 Å². The third-order valence-electron chi connectivity index (χ3n) is 3.60. The number of carbonyl (C=O) groups is 1. The summed E-state index contributed by atoms with van der Waals surface area (Å²) >= 11 is 1.66. The number of hydrazine groups is 1. The summed E-state index contributed by atoms with van der Waals surface area (Å²) in [5.74, 6) is 7.62. The van der Waals surface area contributed by atoms with Crippen LogP contribution in [0.5, 0.6) is 0 Å². The van der Waals surface area contributed by atoms with Gasteiger partial charge in [0.2, 0.25) is 0 Å². The first kappa shape index (κ1) is 16.0. The normalized spacial score (nSPS) is 15.6. The van der Waals surface area contributed by atoms with Crippen molar-refractivity contribution in [3.8, 4) is 0 Å². The fourth-order valence-corrected chi connectivity index (χ4v) is 3.32. The van der Waals surface area contributed by atoms with Crippen LogP contribution in [0.4, 0.5) is 5.82 Å². The molecule has 0 atom stereocenters. The van der Waals surface area contributed by atoms with Gasteiger partial charge in [-0.3, -0.25) is 4.79 Å². The molecule has 0 unspecified atom stereocenters. The molecule has 6 nitrogen and oxygen atoms in total. The number of methoxy groups -OCH3 is 1. The maximum atomic E-state index is 11.4. The van der Waals surface area contributed by atoms with Gasteiger partial charge in [-0.15, -0.1) is 11.8 Å². The average molecular weight is 310 g/mol. The Hall–Kier alpha value is -1.34. The van der Waals surface area contributed by atoms with Crippen molar-refractivity contribution in [2.24, 2.45) is 11.3 Å². The summed E-state index contributed by atoms with van der Waals surface area (Å²) < 4.78 is 4.77. The van der Waals surface area contributed by atoms with Gasteiger partial charge in [-0.25, -0.2) is 15.8 Å². The molecule has 1 aromatic heterocycles. The molecule has 0 radical (unpaired) electrons. The third-order valence-corrected chi connectivity index (χ3v) is 4.86. The Balaban J connectivity index is 1.99. The van der Waals surface area contributed by atoms with Crippen LogP contribution in [0, 0.1) is 5.41 Å². The maximum absolute atomic E-state index is 11.4. The van der Waals surface area contributed by atoms with Gasteiger partial charge in [-0.1, -0.05) is 6.92 Å². The molecule has 1 heterocycles. The standard InChI is InChI=1S/C14H22N4O2S/c1-3-4-10-16-11(18-15)7-12(17-10)21-9-14(5-6-14)8-13(19)20-2/h7H,3-6,8-9,15H2,1-2H3,(H,16,17,18). The zero-order valence-electron chi connectivity index (χ0n) is 12.5. The molecule has 1 aliphatic rings. The Morgan fingerprint density at radius 3 is 2.86 bits per heavy atom. The Bertz CT molecular complexity index is 506. The molecule has 21 heavy (non-hydrogen) atoms. The maximum Gasteiger partial charge on any atom is 0.306 e. The number of anilines is 1. The smallest absolute Gasteiger partial charge is 0.306 e. The minimum Gasteiger partial charge on any atom is -0.469 e. The Morgan fingerprint density at radius 2 is 2.29 bits per heavy atom. The minimum atomic E-state index is -0.133. The number of rotatable bonds is 8. The van der Waals surface area contributed by atoms with Crippen LogP contribution >= 0.6 is 11.8 Å². The number of nitrogens with zero attached hydrogens (tertiary/aromatic N) is 2. The summed E-state index contributed by atoms with van der Waals surface area (Å²) in [6.45, 7) is 2.09. The summed E-state index contributed by atoms with van der Waals surface area (Å²) in [7, 11) is 1.44. The number of nitrogens with one attached hydrogen (secondary N) is 1. The zero-order chi connectivity index (χ0) is 15.3. The predicted molar refractivity (Wildman–Crippen MR) is 82.9 cm³/mol. The molecular weight excluding hydrogens is 288 g/mol. The van der Waals surface area contributed by atoms with E-state index in [1.165, 1.54) is 7.11 Å². The fourth-order valence-electron chi connectivity index (χ4n) is 2.11. The second-order valence-corrected chi connectivity index (χ2v) is 6.44. The topological polar surface area (TPSA) is 90.1 Å². The van der Waals surface area contributed by atoms with E-state index in [0.717, 1.165) is 42.3 Å². The molecule has 7 heteroatoms. The molecule has 3 N–H and O–H groups in total. The molecule has 0 saturated heterocycles. The average Bonchev–Trinajstić information content (AvgIpc) is 3.25. The van der Waals surface area contributed by atoms with Gasteiger partial charge in [0.15, 0.2) is 0 Å². The van der Waals surface area contributed by atoms with Crippen molar-refractivity contribution >= 4 is 23.5 Å². The first-order chi connectivity index (χ1) is 10.1. The highest BCUT2D eigenvalue weighted by molar-refractivity contribution is 7.99. The van der Waals surface area contributed by atoms with Gasteiger partial charge in [0, 0.05) is 18.2 Å². The number of nitrogens with two attached hydrogens (primary N) is 1. The fraction of sp³-hybridized carbons (Fsp3) is 0.643. The lowest BCUT2D eigenvalue weighted by atomic mass is 10.1. The lowest BCUT2D eigenvalue weighted by molar-refractivity contribution is -0.141. The molecule has 116 valence electrons. The second kappa shape index (κ2) is 7.09. The molecule has 1 fully saturated rings. The number of ether oxygens (including phenoxy) is 1. The van der Waals surface area contributed by atoms with Crippen molar-refractivity contribution in [1.29, 1.82) is 0 Å². The van der Waals surface area contributed by atoms with Crippen molar-refractivity contribution in [2.45, 2.75) is 44.1 Å². The number of aromatic nitrogens is 2. The van der Waals surface area contributed by atoms with Crippen LogP contribution < -0.4 is 11.3 Å². The van der Waals surface area contributed by atoms with Gasteiger partial charge in [-0.2, -0.15) is 0 Å². The molecule has 0 amide bonds. The van der Waals surface area contributed by atoms with Gasteiger partial charge in [-0.05, 0) is 24.7 Å². The summed E-state index contributed by atoms with van der Waals surface area (Å²) in [6.07, 6.45) is 4.46. The van der Waals surface area contributed by atoms with Gasteiger partial charge >= 0.3 is 5.97 Å². The van der Waals surface area contributed by atoms with Gasteiger partial charge in [0.05, 0.1) is 13.5 Å². The van der Waals surface area contributed by atoms with Gasteiger partial charge in [0.1, 0.15) is 16.7 Å². The summed E-state index contributed by atoms with van der Waals surface area (Å²) in [6, 6.07) is 1.85. The van der Waals surface area contributed by atoms with Crippen LogP contribution in [-0.2, 0) is 16.0 Å². The number of hydrogen-bond donors (Lipinski definition) is 2. The van der Waals surface area contributed by atoms with E-state index < -0.39 is 0 Å². The minimum absolute atomic E-state index is 0.0872. The number of thioether (sulfide) groups is 1. The van der Waals surface area contributed by atoms with E-state index in [0.29, 0.717) is 12.2 Å². The number of aryl methyl sites for hydroxylation is 1. The molecule has 1 aromatic rings. The molecule has 0 bridgehead atoms. The van der Waals surface area contributed by atoms with Crippen molar-refractivity contribution < 1.29 is 9.53 Å². The highest BCUT2D eigenvalue weighted by Crippen LogP contribution is 2.52. The number of esters is 1. The first-order valence-electron chi connectivity index (χ1n) is 7.15. The van der Waals surface area contributed by atoms with Crippen molar-refractivity contribution in [3.05, 3.63) is 11.9 Å². The molecule has 1 aliphatic carbocycles. The first-order valence-corrected chi connectivity index (χ1v) is 8.13. The van der Waals surface area contributed by atoms with E-state index in [1.54, 1.807) is 11.8 Å². The summed E-state index contributed by atoms with van der Waals surface area (Å²) in [5, 5.41) is 0.901. The third kappa shape index (κ3) is 4.57. The molecule has 0 aliphatic heterocycles. The second-order valence-electron chi connectivity index (χ2n) is 5.44. The van der Waals surface area contributed by atoms with E-state index in [1.807, 2.05) is 6.07 Å². The van der Waals surface area contributed by atoms with Crippen LogP contribution in [0.3, 0.4) is 0 Å². The molecule has 1 saturated carbocycles. The lowest BCUT2D eigenvalue weighted by Gasteiger charge is -2.13. The number of hydrogen-bond acceptors (Lipinski definition) is 7. The zero-order valence-corrected chi connectivity index (χ0v) is 13.3. The van der Waals surface area contributed by atoms with Crippen molar-refractivity contribution in [3.63, 3.8) is 0 Å². The predicted octanol–water partition coefficient (Wildman–Crippen LogP) is 2.15. The quantitative estimate of drug-likeness (QED) is 0.250. The Kier molecular flexibility index (Phi) is 5.41. The summed E-state index contributed by atoms with van der Waals surface area (Å²) in [4.78, 5) is 20.3. The van der Waals surface area contributed by atoms with E-state index >= 15 is 0 Å². The van der Waals surface area contributed by atoms with Gasteiger partial charge < -0.3 is 10.2 Å². The number of nitrogen functional groups attached to an aromatic ring is 1.